The minimum absolute atomic E-state index is 0.282. The summed E-state index contributed by atoms with van der Waals surface area (Å²) in [7, 11) is 0. The van der Waals surface area contributed by atoms with E-state index in [9.17, 15) is 4.79 Å². The Hall–Kier alpha value is -1.88. The van der Waals surface area contributed by atoms with E-state index in [0.29, 0.717) is 0 Å². The molecule has 1 aliphatic heterocycles. The molecule has 17 heavy (non-hydrogen) atoms. The van der Waals surface area contributed by atoms with Crippen LogP contribution in [0, 0.1) is 0 Å². The summed E-state index contributed by atoms with van der Waals surface area (Å²) in [6.07, 6.45) is 1.92. The molecule has 0 bridgehead atoms. The van der Waals surface area contributed by atoms with Crippen LogP contribution in [0.5, 0.6) is 0 Å². The van der Waals surface area contributed by atoms with Crippen LogP contribution in [0.15, 0.2) is 29.4 Å². The van der Waals surface area contributed by atoms with Crippen molar-refractivity contribution in [3.05, 3.63) is 29.8 Å². The molecule has 1 saturated heterocycles. The van der Waals surface area contributed by atoms with Crippen LogP contribution in [-0.2, 0) is 0 Å². The van der Waals surface area contributed by atoms with E-state index < -0.39 is 5.97 Å². The van der Waals surface area contributed by atoms with Gasteiger partial charge in [0.2, 0.25) is 0 Å². The Morgan fingerprint density at radius 1 is 1.24 bits per heavy atom. The quantitative estimate of drug-likeness (QED) is 0.692. The third kappa shape index (κ3) is 3.29. The fourth-order valence-electron chi connectivity index (χ4n) is 1.66. The minimum atomic E-state index is -0.916. The number of piperidine rings is 1. The van der Waals surface area contributed by atoms with Gasteiger partial charge in [0.15, 0.2) is 0 Å². The molecule has 3 N–H and O–H groups in total. The summed E-state index contributed by atoms with van der Waals surface area (Å²) in [6, 6.07) is 6.56. The number of hydrogen-bond donors (Lipinski definition) is 3. The van der Waals surface area contributed by atoms with Gasteiger partial charge in [0, 0.05) is 31.6 Å². The first-order valence-electron chi connectivity index (χ1n) is 5.61. The van der Waals surface area contributed by atoms with Gasteiger partial charge in [-0.3, -0.25) is 5.43 Å². The molecule has 0 aromatic heterocycles. The zero-order chi connectivity index (χ0) is 12.1. The Bertz CT molecular complexity index is 418. The first kappa shape index (κ1) is 11.6. The van der Waals surface area contributed by atoms with Crippen molar-refractivity contribution in [3.63, 3.8) is 0 Å². The fraction of sp³-hybridized carbons (Fsp3) is 0.333. The van der Waals surface area contributed by atoms with Crippen molar-refractivity contribution in [2.75, 3.05) is 18.5 Å². The van der Waals surface area contributed by atoms with Crippen molar-refractivity contribution < 1.29 is 9.90 Å². The third-order valence-corrected chi connectivity index (χ3v) is 2.66. The van der Waals surface area contributed by atoms with Crippen LogP contribution >= 0.6 is 0 Å². The van der Waals surface area contributed by atoms with Crippen LogP contribution < -0.4 is 10.7 Å². The van der Waals surface area contributed by atoms with Crippen LogP contribution in [-0.4, -0.2) is 29.9 Å². The number of anilines is 1. The summed E-state index contributed by atoms with van der Waals surface area (Å²) >= 11 is 0. The first-order valence-corrected chi connectivity index (χ1v) is 5.61. The molecule has 2 rings (SSSR count). The highest BCUT2D eigenvalue weighted by molar-refractivity contribution is 5.88. The molecule has 1 heterocycles. The molecule has 0 spiro atoms. The molecule has 0 atom stereocenters. The van der Waals surface area contributed by atoms with E-state index >= 15 is 0 Å². The van der Waals surface area contributed by atoms with Gasteiger partial charge < -0.3 is 10.4 Å². The summed E-state index contributed by atoms with van der Waals surface area (Å²) in [5.74, 6) is -0.916. The summed E-state index contributed by atoms with van der Waals surface area (Å²) in [6.45, 7) is 1.94. The maximum absolute atomic E-state index is 10.7. The summed E-state index contributed by atoms with van der Waals surface area (Å²) in [5.41, 5.74) is 5.18. The second-order valence-corrected chi connectivity index (χ2v) is 3.92. The van der Waals surface area contributed by atoms with Crippen molar-refractivity contribution in [2.24, 2.45) is 5.10 Å². The van der Waals surface area contributed by atoms with Gasteiger partial charge in [0.05, 0.1) is 11.3 Å². The number of rotatable bonds is 3. The van der Waals surface area contributed by atoms with Gasteiger partial charge in [-0.1, -0.05) is 0 Å². The van der Waals surface area contributed by atoms with Crippen LogP contribution in [0.25, 0.3) is 0 Å². The Labute approximate surface area is 99.5 Å². The van der Waals surface area contributed by atoms with E-state index in [-0.39, 0.29) is 5.56 Å². The normalized spacial score (nSPS) is 15.4. The number of aromatic carboxylic acids is 1. The number of hydrogen-bond acceptors (Lipinski definition) is 4. The summed E-state index contributed by atoms with van der Waals surface area (Å²) in [5, 5.41) is 16.3. The van der Waals surface area contributed by atoms with E-state index in [1.807, 2.05) is 0 Å². The van der Waals surface area contributed by atoms with E-state index in [4.69, 9.17) is 5.11 Å². The van der Waals surface area contributed by atoms with E-state index in [1.165, 1.54) is 0 Å². The molecular formula is C12H15N3O2. The predicted octanol–water partition coefficient (Wildman–Crippen LogP) is 1.54. The number of carboxylic acid groups (broad SMARTS) is 1. The van der Waals surface area contributed by atoms with E-state index in [2.05, 4.69) is 15.8 Å². The molecule has 0 unspecified atom stereocenters. The van der Waals surface area contributed by atoms with Gasteiger partial charge in [-0.25, -0.2) is 4.79 Å². The van der Waals surface area contributed by atoms with Gasteiger partial charge >= 0.3 is 5.97 Å². The lowest BCUT2D eigenvalue weighted by Crippen LogP contribution is -2.28. The average molecular weight is 233 g/mol. The van der Waals surface area contributed by atoms with Crippen LogP contribution in [0.4, 0.5) is 5.69 Å². The maximum Gasteiger partial charge on any atom is 0.335 e. The molecule has 0 saturated carbocycles. The first-order chi connectivity index (χ1) is 8.25. The lowest BCUT2D eigenvalue weighted by Gasteiger charge is -2.14. The van der Waals surface area contributed by atoms with Gasteiger partial charge in [-0.15, -0.1) is 0 Å². The fourth-order valence-corrected chi connectivity index (χ4v) is 1.66. The Morgan fingerprint density at radius 2 is 1.88 bits per heavy atom. The van der Waals surface area contributed by atoms with E-state index in [0.717, 1.165) is 37.3 Å². The molecule has 90 valence electrons. The highest BCUT2D eigenvalue weighted by Crippen LogP contribution is 2.10. The molecule has 0 aliphatic carbocycles. The molecule has 0 radical (unpaired) electrons. The summed E-state index contributed by atoms with van der Waals surface area (Å²) in [4.78, 5) is 10.7. The number of carbonyl (C=O) groups is 1. The highest BCUT2D eigenvalue weighted by Gasteiger charge is 2.05. The van der Waals surface area contributed by atoms with Crippen molar-refractivity contribution in [1.82, 2.24) is 5.32 Å². The van der Waals surface area contributed by atoms with Gasteiger partial charge in [-0.2, -0.15) is 5.10 Å². The van der Waals surface area contributed by atoms with Gasteiger partial charge in [-0.05, 0) is 24.3 Å². The van der Waals surface area contributed by atoms with Crippen LogP contribution in [0.2, 0.25) is 0 Å². The van der Waals surface area contributed by atoms with E-state index in [1.54, 1.807) is 24.3 Å². The topological polar surface area (TPSA) is 73.7 Å². The molecular weight excluding hydrogens is 218 g/mol. The van der Waals surface area contributed by atoms with Crippen LogP contribution in [0.1, 0.15) is 23.2 Å². The van der Waals surface area contributed by atoms with Crippen molar-refractivity contribution in [1.29, 1.82) is 0 Å². The van der Waals surface area contributed by atoms with Gasteiger partial charge in [0.25, 0.3) is 0 Å². The Morgan fingerprint density at radius 3 is 2.47 bits per heavy atom. The highest BCUT2D eigenvalue weighted by atomic mass is 16.4. The minimum Gasteiger partial charge on any atom is -0.478 e. The van der Waals surface area contributed by atoms with Gasteiger partial charge in [0.1, 0.15) is 0 Å². The monoisotopic (exact) mass is 233 g/mol. The zero-order valence-electron chi connectivity index (χ0n) is 9.44. The van der Waals surface area contributed by atoms with Crippen molar-refractivity contribution in [2.45, 2.75) is 12.8 Å². The molecule has 1 fully saturated rings. The molecule has 0 amide bonds. The predicted molar refractivity (Wildman–Crippen MR) is 66.6 cm³/mol. The zero-order valence-corrected chi connectivity index (χ0v) is 9.44. The molecule has 5 nitrogen and oxygen atoms in total. The summed E-state index contributed by atoms with van der Waals surface area (Å²) < 4.78 is 0. The maximum atomic E-state index is 10.7. The number of hydrazone groups is 1. The number of nitrogens with one attached hydrogen (secondary N) is 2. The largest absolute Gasteiger partial charge is 0.478 e. The Balaban J connectivity index is 1.96. The second kappa shape index (κ2) is 5.45. The number of benzene rings is 1. The molecule has 1 aliphatic rings. The second-order valence-electron chi connectivity index (χ2n) is 3.92. The SMILES string of the molecule is O=C(O)c1ccc(NN=C2CCNCC2)cc1. The third-order valence-electron chi connectivity index (χ3n) is 2.66. The molecule has 5 heteroatoms. The average Bonchev–Trinajstić information content (AvgIpc) is 2.38. The lowest BCUT2D eigenvalue weighted by atomic mass is 10.1. The molecule has 1 aromatic carbocycles. The van der Waals surface area contributed by atoms with Crippen molar-refractivity contribution in [3.8, 4) is 0 Å². The van der Waals surface area contributed by atoms with Crippen LogP contribution in [0.3, 0.4) is 0 Å². The number of carboxylic acids is 1. The Kier molecular flexibility index (Phi) is 3.72. The smallest absolute Gasteiger partial charge is 0.335 e. The standard InChI is InChI=1S/C12H15N3O2/c16-12(17)9-1-3-10(4-2-9)14-15-11-5-7-13-8-6-11/h1-4,13-14H,5-8H2,(H,16,17). The van der Waals surface area contributed by atoms with Crippen molar-refractivity contribution >= 4 is 17.4 Å². The lowest BCUT2D eigenvalue weighted by molar-refractivity contribution is 0.0697. The molecule has 1 aromatic rings. The number of nitrogens with zero attached hydrogens (tertiary/aromatic N) is 1.